The lowest BCUT2D eigenvalue weighted by Gasteiger charge is -1.95. The van der Waals surface area contributed by atoms with Crippen LogP contribution in [0.4, 0.5) is 4.39 Å². The van der Waals surface area contributed by atoms with Gasteiger partial charge in [0.2, 0.25) is 5.78 Å². The Morgan fingerprint density at radius 1 is 1.11 bits per heavy atom. The number of benzene rings is 2. The summed E-state index contributed by atoms with van der Waals surface area (Å²) in [7, 11) is 0. The molecule has 0 radical (unpaired) electrons. The predicted molar refractivity (Wildman–Crippen MR) is 68.8 cm³/mol. The van der Waals surface area contributed by atoms with Gasteiger partial charge >= 0.3 is 0 Å². The smallest absolute Gasteiger partial charge is 0.236 e. The van der Waals surface area contributed by atoms with Crippen LogP contribution in [0.1, 0.15) is 21.5 Å². The lowest BCUT2D eigenvalue weighted by Crippen LogP contribution is -1.94. The molecule has 0 saturated heterocycles. The van der Waals surface area contributed by atoms with Gasteiger partial charge in [0.1, 0.15) is 5.82 Å². The molecule has 2 rings (SSSR count). The van der Waals surface area contributed by atoms with E-state index < -0.39 is 0 Å². The van der Waals surface area contributed by atoms with Gasteiger partial charge in [-0.3, -0.25) is 4.79 Å². The first-order valence-corrected chi connectivity index (χ1v) is 5.54. The Balaban J connectivity index is 2.22. The van der Waals surface area contributed by atoms with E-state index in [1.807, 2.05) is 6.07 Å². The number of aryl methyl sites for hydroxylation is 1. The van der Waals surface area contributed by atoms with Crippen LogP contribution in [-0.2, 0) is 0 Å². The molecule has 88 valence electrons. The Morgan fingerprint density at radius 2 is 1.83 bits per heavy atom. The average Bonchev–Trinajstić information content (AvgIpc) is 2.41. The standard InChI is InChI=1S/C16H11FO/c1-12-11-13(7-9-15(12)17)8-10-16(18)14-5-3-2-4-6-14/h2-7,9,11H,1H3. The van der Waals surface area contributed by atoms with E-state index in [9.17, 15) is 9.18 Å². The highest BCUT2D eigenvalue weighted by molar-refractivity contribution is 6.09. The quantitative estimate of drug-likeness (QED) is 0.550. The first kappa shape index (κ1) is 12.1. The molecule has 0 saturated carbocycles. The second kappa shape index (κ2) is 5.29. The van der Waals surface area contributed by atoms with E-state index in [2.05, 4.69) is 11.8 Å². The fraction of sp³-hybridized carbons (Fsp3) is 0.0625. The zero-order chi connectivity index (χ0) is 13.0. The topological polar surface area (TPSA) is 17.1 Å². The molecule has 0 N–H and O–H groups in total. The minimum atomic E-state index is -0.269. The van der Waals surface area contributed by atoms with Gasteiger partial charge in [-0.2, -0.15) is 0 Å². The minimum absolute atomic E-state index is 0.238. The van der Waals surface area contributed by atoms with Crippen LogP contribution in [0.15, 0.2) is 48.5 Å². The number of carbonyl (C=O) groups excluding carboxylic acids is 1. The summed E-state index contributed by atoms with van der Waals surface area (Å²) in [5.74, 6) is 4.79. The van der Waals surface area contributed by atoms with Crippen LogP contribution in [0.2, 0.25) is 0 Å². The fourth-order valence-corrected chi connectivity index (χ4v) is 1.51. The highest BCUT2D eigenvalue weighted by atomic mass is 19.1. The number of ketones is 1. The summed E-state index contributed by atoms with van der Waals surface area (Å²) in [5.41, 5.74) is 1.72. The van der Waals surface area contributed by atoms with Gasteiger partial charge in [0.05, 0.1) is 0 Å². The van der Waals surface area contributed by atoms with Crippen molar-refractivity contribution in [2.45, 2.75) is 6.92 Å². The van der Waals surface area contributed by atoms with Crippen molar-refractivity contribution in [1.29, 1.82) is 0 Å². The molecule has 0 heterocycles. The molecule has 2 aromatic carbocycles. The van der Waals surface area contributed by atoms with E-state index in [0.29, 0.717) is 16.7 Å². The predicted octanol–water partition coefficient (Wildman–Crippen LogP) is 3.37. The molecule has 0 spiro atoms. The molecule has 0 aliphatic rings. The zero-order valence-electron chi connectivity index (χ0n) is 9.91. The molecule has 1 nitrogen and oxygen atoms in total. The summed E-state index contributed by atoms with van der Waals surface area (Å²) in [4.78, 5) is 11.7. The zero-order valence-corrected chi connectivity index (χ0v) is 9.91. The summed E-state index contributed by atoms with van der Waals surface area (Å²) < 4.78 is 13.0. The Hall–Kier alpha value is -2.40. The first-order chi connectivity index (χ1) is 8.66. The molecule has 0 fully saturated rings. The molecular weight excluding hydrogens is 227 g/mol. The number of hydrogen-bond donors (Lipinski definition) is 0. The molecule has 2 aromatic rings. The van der Waals surface area contributed by atoms with Crippen molar-refractivity contribution in [3.05, 3.63) is 71.0 Å². The Kier molecular flexibility index (Phi) is 3.54. The summed E-state index contributed by atoms with van der Waals surface area (Å²) >= 11 is 0. The third-order valence-electron chi connectivity index (χ3n) is 2.51. The van der Waals surface area contributed by atoms with Gasteiger partial charge in [0.25, 0.3) is 0 Å². The number of halogens is 1. The number of Topliss-reactive ketones (excluding diaryl/α,β-unsaturated/α-hetero) is 1. The number of carbonyl (C=O) groups is 1. The summed E-state index contributed by atoms with van der Waals surface area (Å²) in [6.07, 6.45) is 0. The van der Waals surface area contributed by atoms with Gasteiger partial charge in [0, 0.05) is 11.1 Å². The Bertz CT molecular complexity index is 633. The van der Waals surface area contributed by atoms with Gasteiger partial charge < -0.3 is 0 Å². The van der Waals surface area contributed by atoms with Crippen LogP contribution < -0.4 is 0 Å². The van der Waals surface area contributed by atoms with E-state index in [-0.39, 0.29) is 11.6 Å². The van der Waals surface area contributed by atoms with E-state index in [1.165, 1.54) is 6.07 Å². The second-order valence-corrected chi connectivity index (χ2v) is 3.91. The van der Waals surface area contributed by atoms with Crippen molar-refractivity contribution in [2.75, 3.05) is 0 Å². The van der Waals surface area contributed by atoms with E-state index in [4.69, 9.17) is 0 Å². The third-order valence-corrected chi connectivity index (χ3v) is 2.51. The molecular formula is C16H11FO. The normalized spacial score (nSPS) is 9.44. The van der Waals surface area contributed by atoms with Crippen molar-refractivity contribution in [2.24, 2.45) is 0 Å². The van der Waals surface area contributed by atoms with Crippen molar-refractivity contribution < 1.29 is 9.18 Å². The molecule has 18 heavy (non-hydrogen) atoms. The molecule has 0 bridgehead atoms. The lowest BCUT2D eigenvalue weighted by atomic mass is 10.1. The van der Waals surface area contributed by atoms with Gasteiger partial charge in [-0.05, 0) is 36.6 Å². The lowest BCUT2D eigenvalue weighted by molar-refractivity contribution is 0.105. The van der Waals surface area contributed by atoms with Crippen LogP contribution in [0, 0.1) is 24.6 Å². The molecule has 0 amide bonds. The molecule has 0 unspecified atom stereocenters. The second-order valence-electron chi connectivity index (χ2n) is 3.91. The van der Waals surface area contributed by atoms with Crippen LogP contribution in [0.25, 0.3) is 0 Å². The van der Waals surface area contributed by atoms with Crippen molar-refractivity contribution >= 4 is 5.78 Å². The maximum Gasteiger partial charge on any atom is 0.236 e. The first-order valence-electron chi connectivity index (χ1n) is 5.54. The number of hydrogen-bond acceptors (Lipinski definition) is 1. The molecule has 2 heteroatoms. The Labute approximate surface area is 105 Å². The summed E-state index contributed by atoms with van der Waals surface area (Å²) in [6, 6.07) is 13.4. The maximum absolute atomic E-state index is 13.0. The van der Waals surface area contributed by atoms with Crippen LogP contribution in [0.3, 0.4) is 0 Å². The highest BCUT2D eigenvalue weighted by Crippen LogP contribution is 2.08. The Morgan fingerprint density at radius 3 is 2.50 bits per heavy atom. The van der Waals surface area contributed by atoms with Crippen LogP contribution in [0.5, 0.6) is 0 Å². The van der Waals surface area contributed by atoms with Crippen LogP contribution >= 0.6 is 0 Å². The van der Waals surface area contributed by atoms with Gasteiger partial charge in [-0.1, -0.05) is 36.3 Å². The monoisotopic (exact) mass is 238 g/mol. The molecule has 0 aliphatic heterocycles. The van der Waals surface area contributed by atoms with E-state index in [1.54, 1.807) is 43.3 Å². The molecule has 0 atom stereocenters. The molecule has 0 aromatic heterocycles. The van der Waals surface area contributed by atoms with Gasteiger partial charge in [0.15, 0.2) is 0 Å². The van der Waals surface area contributed by atoms with Crippen molar-refractivity contribution in [3.8, 4) is 11.8 Å². The van der Waals surface area contributed by atoms with E-state index in [0.717, 1.165) is 0 Å². The number of rotatable bonds is 1. The van der Waals surface area contributed by atoms with E-state index >= 15 is 0 Å². The van der Waals surface area contributed by atoms with Crippen molar-refractivity contribution in [1.82, 2.24) is 0 Å². The summed E-state index contributed by atoms with van der Waals surface area (Å²) in [6.45, 7) is 1.67. The third kappa shape index (κ3) is 2.83. The SMILES string of the molecule is Cc1cc(C#CC(=O)c2ccccc2)ccc1F. The van der Waals surface area contributed by atoms with Crippen molar-refractivity contribution in [3.63, 3.8) is 0 Å². The van der Waals surface area contributed by atoms with Crippen LogP contribution in [-0.4, -0.2) is 5.78 Å². The average molecular weight is 238 g/mol. The largest absolute Gasteiger partial charge is 0.279 e. The summed E-state index contributed by atoms with van der Waals surface area (Å²) in [5, 5.41) is 0. The maximum atomic E-state index is 13.0. The van der Waals surface area contributed by atoms with Gasteiger partial charge in [-0.15, -0.1) is 0 Å². The minimum Gasteiger partial charge on any atom is -0.279 e. The molecule has 0 aliphatic carbocycles. The van der Waals surface area contributed by atoms with Gasteiger partial charge in [-0.25, -0.2) is 4.39 Å². The fourth-order valence-electron chi connectivity index (χ4n) is 1.51. The highest BCUT2D eigenvalue weighted by Gasteiger charge is 2.00.